The van der Waals surface area contributed by atoms with Crippen molar-refractivity contribution in [2.24, 2.45) is 5.10 Å². The van der Waals surface area contributed by atoms with Crippen LogP contribution in [0, 0.1) is 0 Å². The van der Waals surface area contributed by atoms with E-state index in [-0.39, 0.29) is 0 Å². The predicted molar refractivity (Wildman–Crippen MR) is 92.8 cm³/mol. The molecule has 1 aromatic heterocycles. The van der Waals surface area contributed by atoms with Gasteiger partial charge in [0, 0.05) is 22.4 Å². The van der Waals surface area contributed by atoms with Gasteiger partial charge in [-0.15, -0.1) is 0 Å². The smallest absolute Gasteiger partial charge is 0.243 e. The Morgan fingerprint density at radius 1 is 0.864 bits per heavy atom. The standard InChI is InChI=1S/C17H13BrN4/c18-16-8-6-13(7-9-16)10-21-22-17-19-11-15(12-20-17)14-4-2-1-3-5-14/h1-12H,(H,19,20,22). The third kappa shape index (κ3) is 3.77. The second-order valence-corrected chi connectivity index (χ2v) is 5.50. The summed E-state index contributed by atoms with van der Waals surface area (Å²) in [5.74, 6) is 0.466. The minimum atomic E-state index is 0.466. The van der Waals surface area contributed by atoms with Gasteiger partial charge in [0.05, 0.1) is 6.21 Å². The quantitative estimate of drug-likeness (QED) is 0.560. The minimum absolute atomic E-state index is 0.466. The van der Waals surface area contributed by atoms with E-state index in [0.717, 1.165) is 21.2 Å². The summed E-state index contributed by atoms with van der Waals surface area (Å²) in [6, 6.07) is 17.9. The van der Waals surface area contributed by atoms with Gasteiger partial charge in [0.1, 0.15) is 0 Å². The largest absolute Gasteiger partial charge is 0.245 e. The molecule has 0 aliphatic carbocycles. The maximum Gasteiger partial charge on any atom is 0.243 e. The SMILES string of the molecule is Brc1ccc(C=NNc2ncc(-c3ccccc3)cn2)cc1. The van der Waals surface area contributed by atoms with Crippen molar-refractivity contribution in [2.45, 2.75) is 0 Å². The molecule has 1 heterocycles. The predicted octanol–water partition coefficient (Wildman–Crippen LogP) is 4.35. The van der Waals surface area contributed by atoms with Crippen molar-refractivity contribution in [1.82, 2.24) is 9.97 Å². The summed E-state index contributed by atoms with van der Waals surface area (Å²) in [6.07, 6.45) is 5.28. The van der Waals surface area contributed by atoms with Gasteiger partial charge in [-0.2, -0.15) is 5.10 Å². The lowest BCUT2D eigenvalue weighted by Crippen LogP contribution is -1.96. The van der Waals surface area contributed by atoms with E-state index >= 15 is 0 Å². The van der Waals surface area contributed by atoms with Crippen molar-refractivity contribution < 1.29 is 0 Å². The van der Waals surface area contributed by atoms with Crippen LogP contribution < -0.4 is 5.43 Å². The first-order valence-corrected chi connectivity index (χ1v) is 7.53. The van der Waals surface area contributed by atoms with E-state index in [2.05, 4.69) is 36.4 Å². The molecule has 0 atom stereocenters. The maximum atomic E-state index is 4.26. The van der Waals surface area contributed by atoms with Crippen LogP contribution in [0.5, 0.6) is 0 Å². The van der Waals surface area contributed by atoms with Gasteiger partial charge in [-0.3, -0.25) is 0 Å². The molecule has 0 aliphatic heterocycles. The molecule has 3 rings (SSSR count). The number of nitrogens with one attached hydrogen (secondary N) is 1. The van der Waals surface area contributed by atoms with Gasteiger partial charge in [0.25, 0.3) is 0 Å². The van der Waals surface area contributed by atoms with E-state index in [9.17, 15) is 0 Å². The van der Waals surface area contributed by atoms with Crippen molar-refractivity contribution in [3.05, 3.63) is 77.0 Å². The van der Waals surface area contributed by atoms with Crippen molar-refractivity contribution >= 4 is 28.1 Å². The molecule has 108 valence electrons. The molecule has 22 heavy (non-hydrogen) atoms. The number of hydrogen-bond acceptors (Lipinski definition) is 4. The summed E-state index contributed by atoms with van der Waals surface area (Å²) < 4.78 is 1.04. The number of hydrazone groups is 1. The number of nitrogens with zero attached hydrogens (tertiary/aromatic N) is 3. The lowest BCUT2D eigenvalue weighted by Gasteiger charge is -2.02. The van der Waals surface area contributed by atoms with Crippen LogP contribution in [-0.2, 0) is 0 Å². The lowest BCUT2D eigenvalue weighted by molar-refractivity contribution is 1.12. The lowest BCUT2D eigenvalue weighted by atomic mass is 10.1. The first kappa shape index (κ1) is 14.4. The third-order valence-electron chi connectivity index (χ3n) is 3.01. The topological polar surface area (TPSA) is 50.2 Å². The fourth-order valence-electron chi connectivity index (χ4n) is 1.88. The Hall–Kier alpha value is -2.53. The molecule has 1 N–H and O–H groups in total. The molecule has 0 saturated carbocycles. The molecule has 0 fully saturated rings. The number of hydrogen-bond donors (Lipinski definition) is 1. The van der Waals surface area contributed by atoms with E-state index in [0.29, 0.717) is 5.95 Å². The Balaban J connectivity index is 1.65. The van der Waals surface area contributed by atoms with Crippen LogP contribution in [0.1, 0.15) is 5.56 Å². The number of benzene rings is 2. The zero-order chi connectivity index (χ0) is 15.2. The number of aromatic nitrogens is 2. The summed E-state index contributed by atoms with van der Waals surface area (Å²) in [4.78, 5) is 8.51. The number of anilines is 1. The van der Waals surface area contributed by atoms with Crippen molar-refractivity contribution in [3.8, 4) is 11.1 Å². The van der Waals surface area contributed by atoms with Crippen LogP contribution in [0.25, 0.3) is 11.1 Å². The van der Waals surface area contributed by atoms with Gasteiger partial charge in [-0.25, -0.2) is 15.4 Å². The maximum absolute atomic E-state index is 4.26. The molecule has 5 heteroatoms. The highest BCUT2D eigenvalue weighted by Gasteiger charge is 1.98. The van der Waals surface area contributed by atoms with Crippen LogP contribution in [-0.4, -0.2) is 16.2 Å². The Morgan fingerprint density at radius 3 is 2.23 bits per heavy atom. The second kappa shape index (κ2) is 6.95. The highest BCUT2D eigenvalue weighted by molar-refractivity contribution is 9.10. The zero-order valence-corrected chi connectivity index (χ0v) is 13.2. The van der Waals surface area contributed by atoms with Crippen molar-refractivity contribution in [2.75, 3.05) is 5.43 Å². The fraction of sp³-hybridized carbons (Fsp3) is 0. The van der Waals surface area contributed by atoms with Gasteiger partial charge in [-0.1, -0.05) is 58.4 Å². The molecule has 0 saturated heterocycles. The van der Waals surface area contributed by atoms with E-state index in [1.165, 1.54) is 0 Å². The third-order valence-corrected chi connectivity index (χ3v) is 3.54. The van der Waals surface area contributed by atoms with Gasteiger partial charge >= 0.3 is 0 Å². The monoisotopic (exact) mass is 352 g/mol. The van der Waals surface area contributed by atoms with Crippen LogP contribution in [0.15, 0.2) is 76.6 Å². The molecular weight excluding hydrogens is 340 g/mol. The second-order valence-electron chi connectivity index (χ2n) is 4.58. The molecule has 3 aromatic rings. The van der Waals surface area contributed by atoms with Crippen LogP contribution in [0.2, 0.25) is 0 Å². The molecule has 0 bridgehead atoms. The Kier molecular flexibility index (Phi) is 4.56. The highest BCUT2D eigenvalue weighted by atomic mass is 79.9. The van der Waals surface area contributed by atoms with Gasteiger partial charge in [0.15, 0.2) is 0 Å². The highest BCUT2D eigenvalue weighted by Crippen LogP contribution is 2.17. The molecule has 0 radical (unpaired) electrons. The number of halogens is 1. The Labute approximate surface area is 137 Å². The molecule has 2 aromatic carbocycles. The van der Waals surface area contributed by atoms with Crippen LogP contribution >= 0.6 is 15.9 Å². The average molecular weight is 353 g/mol. The first-order valence-electron chi connectivity index (χ1n) is 6.73. The molecular formula is C17H13BrN4. The fourth-order valence-corrected chi connectivity index (χ4v) is 2.14. The summed E-state index contributed by atoms with van der Waals surface area (Å²) in [6.45, 7) is 0. The summed E-state index contributed by atoms with van der Waals surface area (Å²) in [5.41, 5.74) is 5.88. The van der Waals surface area contributed by atoms with Crippen LogP contribution in [0.4, 0.5) is 5.95 Å². The molecule has 0 spiro atoms. The molecule has 4 nitrogen and oxygen atoms in total. The number of rotatable bonds is 4. The molecule has 0 amide bonds. The van der Waals surface area contributed by atoms with Gasteiger partial charge < -0.3 is 0 Å². The minimum Gasteiger partial charge on any atom is -0.245 e. The molecule has 0 aliphatic rings. The van der Waals surface area contributed by atoms with E-state index in [1.54, 1.807) is 18.6 Å². The van der Waals surface area contributed by atoms with E-state index in [1.807, 2.05) is 54.6 Å². The normalized spacial score (nSPS) is 10.8. The summed E-state index contributed by atoms with van der Waals surface area (Å²) >= 11 is 3.40. The van der Waals surface area contributed by atoms with Gasteiger partial charge in [-0.05, 0) is 23.3 Å². The summed E-state index contributed by atoms with van der Waals surface area (Å²) in [5, 5.41) is 4.13. The Morgan fingerprint density at radius 2 is 1.55 bits per heavy atom. The van der Waals surface area contributed by atoms with Crippen molar-refractivity contribution in [3.63, 3.8) is 0 Å². The van der Waals surface area contributed by atoms with Crippen molar-refractivity contribution in [1.29, 1.82) is 0 Å². The van der Waals surface area contributed by atoms with E-state index < -0.39 is 0 Å². The summed E-state index contributed by atoms with van der Waals surface area (Å²) in [7, 11) is 0. The Bertz CT molecular complexity index is 753. The van der Waals surface area contributed by atoms with Crippen LogP contribution in [0.3, 0.4) is 0 Å². The molecule has 0 unspecified atom stereocenters. The van der Waals surface area contributed by atoms with E-state index in [4.69, 9.17) is 0 Å². The zero-order valence-electron chi connectivity index (χ0n) is 11.6. The first-order chi connectivity index (χ1) is 10.8. The average Bonchev–Trinajstić information content (AvgIpc) is 2.58. The van der Waals surface area contributed by atoms with Gasteiger partial charge in [0.2, 0.25) is 5.95 Å².